The number of urea groups is 1. The van der Waals surface area contributed by atoms with Gasteiger partial charge >= 0.3 is 6.03 Å². The Kier molecular flexibility index (Phi) is 5.64. The van der Waals surface area contributed by atoms with E-state index < -0.39 is 6.10 Å². The molecule has 0 saturated carbocycles. The number of aliphatic hydroxyl groups is 1. The maximum absolute atomic E-state index is 12.7. The van der Waals surface area contributed by atoms with Crippen molar-refractivity contribution in [1.82, 2.24) is 14.7 Å². The SMILES string of the molecule is Cc1ccc(CN2CCN(C[C@H](O)CN3CCc4ccccc4C3)C2=O)cc1. The van der Waals surface area contributed by atoms with Gasteiger partial charge in [0, 0.05) is 45.8 Å². The Bertz CT molecular complexity index is 821. The molecule has 2 heterocycles. The Hall–Kier alpha value is -2.37. The summed E-state index contributed by atoms with van der Waals surface area (Å²) in [4.78, 5) is 18.6. The molecule has 0 radical (unpaired) electrons. The number of aryl methyl sites for hydroxylation is 1. The van der Waals surface area contributed by atoms with Crippen LogP contribution < -0.4 is 0 Å². The van der Waals surface area contributed by atoms with E-state index in [1.807, 2.05) is 4.90 Å². The average molecular weight is 380 g/mol. The summed E-state index contributed by atoms with van der Waals surface area (Å²) in [5.74, 6) is 0. The first-order valence-corrected chi connectivity index (χ1v) is 10.1. The van der Waals surface area contributed by atoms with Gasteiger partial charge < -0.3 is 14.9 Å². The third kappa shape index (κ3) is 4.37. The van der Waals surface area contributed by atoms with Gasteiger partial charge in [-0.3, -0.25) is 4.90 Å². The van der Waals surface area contributed by atoms with Crippen molar-refractivity contribution in [2.45, 2.75) is 32.5 Å². The van der Waals surface area contributed by atoms with Crippen LogP contribution in [0.1, 0.15) is 22.3 Å². The third-order valence-corrected chi connectivity index (χ3v) is 5.78. The molecule has 5 nitrogen and oxygen atoms in total. The second-order valence-electron chi connectivity index (χ2n) is 8.04. The van der Waals surface area contributed by atoms with Gasteiger partial charge in [0.15, 0.2) is 0 Å². The van der Waals surface area contributed by atoms with Gasteiger partial charge in [0.05, 0.1) is 6.10 Å². The topological polar surface area (TPSA) is 47.0 Å². The summed E-state index contributed by atoms with van der Waals surface area (Å²) in [6.45, 7) is 6.95. The number of carbonyl (C=O) groups excluding carboxylic acids is 1. The van der Waals surface area contributed by atoms with E-state index in [1.54, 1.807) is 4.90 Å². The van der Waals surface area contributed by atoms with Crippen molar-refractivity contribution in [3.8, 4) is 0 Å². The fourth-order valence-electron chi connectivity index (χ4n) is 4.18. The highest BCUT2D eigenvalue weighted by atomic mass is 16.3. The molecular formula is C23H29N3O2. The van der Waals surface area contributed by atoms with Crippen molar-refractivity contribution in [3.63, 3.8) is 0 Å². The molecule has 2 amide bonds. The highest BCUT2D eigenvalue weighted by Crippen LogP contribution is 2.19. The van der Waals surface area contributed by atoms with Crippen molar-refractivity contribution in [3.05, 3.63) is 70.8 Å². The van der Waals surface area contributed by atoms with Crippen molar-refractivity contribution in [1.29, 1.82) is 0 Å². The first-order chi connectivity index (χ1) is 13.6. The van der Waals surface area contributed by atoms with Gasteiger partial charge in [0.25, 0.3) is 0 Å². The number of fused-ring (bicyclic) bond motifs is 1. The molecule has 28 heavy (non-hydrogen) atoms. The second kappa shape index (κ2) is 8.33. The summed E-state index contributed by atoms with van der Waals surface area (Å²) >= 11 is 0. The predicted molar refractivity (Wildman–Crippen MR) is 110 cm³/mol. The Morgan fingerprint density at radius 2 is 1.64 bits per heavy atom. The monoisotopic (exact) mass is 379 g/mol. The minimum Gasteiger partial charge on any atom is -0.390 e. The molecule has 2 aromatic carbocycles. The molecule has 1 saturated heterocycles. The minimum atomic E-state index is -0.520. The van der Waals surface area contributed by atoms with Gasteiger partial charge in [-0.1, -0.05) is 54.1 Å². The van der Waals surface area contributed by atoms with Crippen LogP contribution in [-0.4, -0.2) is 64.7 Å². The van der Waals surface area contributed by atoms with Gasteiger partial charge in [0.1, 0.15) is 0 Å². The lowest BCUT2D eigenvalue weighted by Gasteiger charge is -2.31. The molecule has 148 valence electrons. The Morgan fingerprint density at radius 1 is 0.929 bits per heavy atom. The molecule has 1 fully saturated rings. The molecule has 0 bridgehead atoms. The molecule has 2 aliphatic heterocycles. The van der Waals surface area contributed by atoms with Gasteiger partial charge in [-0.05, 0) is 30.0 Å². The number of β-amino-alcohol motifs (C(OH)–C–C–N with tert-alkyl or cyclic N) is 1. The summed E-state index contributed by atoms with van der Waals surface area (Å²) in [5.41, 5.74) is 5.13. The maximum atomic E-state index is 12.7. The van der Waals surface area contributed by atoms with Crippen molar-refractivity contribution in [2.75, 3.05) is 32.7 Å². The molecule has 2 aliphatic rings. The van der Waals surface area contributed by atoms with Crippen molar-refractivity contribution in [2.24, 2.45) is 0 Å². The van der Waals surface area contributed by atoms with Crippen LogP contribution in [0.25, 0.3) is 0 Å². The average Bonchev–Trinajstić information content (AvgIpc) is 3.03. The summed E-state index contributed by atoms with van der Waals surface area (Å²) in [6.07, 6.45) is 0.504. The number of aliphatic hydroxyl groups excluding tert-OH is 1. The number of amides is 2. The van der Waals surface area contributed by atoms with E-state index in [0.29, 0.717) is 26.2 Å². The van der Waals surface area contributed by atoms with Crippen LogP contribution in [0.15, 0.2) is 48.5 Å². The molecular weight excluding hydrogens is 350 g/mol. The van der Waals surface area contributed by atoms with E-state index in [0.717, 1.165) is 31.6 Å². The van der Waals surface area contributed by atoms with Gasteiger partial charge in [-0.25, -0.2) is 4.79 Å². The van der Waals surface area contributed by atoms with Crippen LogP contribution in [0.2, 0.25) is 0 Å². The summed E-state index contributed by atoms with van der Waals surface area (Å²) in [5, 5.41) is 10.6. The summed E-state index contributed by atoms with van der Waals surface area (Å²) < 4.78 is 0. The van der Waals surface area contributed by atoms with Gasteiger partial charge in [-0.2, -0.15) is 0 Å². The van der Waals surface area contributed by atoms with Crippen LogP contribution >= 0.6 is 0 Å². The molecule has 0 aromatic heterocycles. The van der Waals surface area contributed by atoms with E-state index in [-0.39, 0.29) is 6.03 Å². The molecule has 4 rings (SSSR count). The Labute approximate surface area is 167 Å². The van der Waals surface area contributed by atoms with Gasteiger partial charge in [0.2, 0.25) is 0 Å². The van der Waals surface area contributed by atoms with E-state index in [1.165, 1.54) is 16.7 Å². The van der Waals surface area contributed by atoms with Crippen LogP contribution in [-0.2, 0) is 19.5 Å². The minimum absolute atomic E-state index is 0.0311. The lowest BCUT2D eigenvalue weighted by molar-refractivity contribution is 0.0812. The second-order valence-corrected chi connectivity index (χ2v) is 8.04. The fourth-order valence-corrected chi connectivity index (χ4v) is 4.18. The molecule has 5 heteroatoms. The Morgan fingerprint density at radius 3 is 2.43 bits per heavy atom. The molecule has 1 atom stereocenters. The molecule has 1 N–H and O–H groups in total. The highest BCUT2D eigenvalue weighted by molar-refractivity contribution is 5.76. The molecule has 0 aliphatic carbocycles. The number of rotatable bonds is 6. The van der Waals surface area contributed by atoms with Gasteiger partial charge in [-0.15, -0.1) is 0 Å². The fraction of sp³-hybridized carbons (Fsp3) is 0.435. The van der Waals surface area contributed by atoms with E-state index in [4.69, 9.17) is 0 Å². The van der Waals surface area contributed by atoms with E-state index in [9.17, 15) is 9.90 Å². The molecule has 2 aromatic rings. The van der Waals surface area contributed by atoms with Crippen LogP contribution in [0, 0.1) is 6.92 Å². The first-order valence-electron chi connectivity index (χ1n) is 10.1. The number of hydrogen-bond acceptors (Lipinski definition) is 3. The van der Waals surface area contributed by atoms with Crippen molar-refractivity contribution < 1.29 is 9.90 Å². The third-order valence-electron chi connectivity index (χ3n) is 5.78. The zero-order valence-corrected chi connectivity index (χ0v) is 16.6. The number of nitrogens with zero attached hydrogens (tertiary/aromatic N) is 3. The zero-order valence-electron chi connectivity index (χ0n) is 16.6. The smallest absolute Gasteiger partial charge is 0.320 e. The van der Waals surface area contributed by atoms with E-state index >= 15 is 0 Å². The van der Waals surface area contributed by atoms with Crippen molar-refractivity contribution >= 4 is 6.03 Å². The quantitative estimate of drug-likeness (QED) is 0.839. The number of hydrogen-bond donors (Lipinski definition) is 1. The number of carbonyl (C=O) groups is 1. The Balaban J connectivity index is 1.27. The number of benzene rings is 2. The van der Waals surface area contributed by atoms with Crippen LogP contribution in [0.4, 0.5) is 4.79 Å². The maximum Gasteiger partial charge on any atom is 0.320 e. The largest absolute Gasteiger partial charge is 0.390 e. The molecule has 0 spiro atoms. The lowest BCUT2D eigenvalue weighted by Crippen LogP contribution is -2.43. The lowest BCUT2D eigenvalue weighted by atomic mass is 10.00. The van der Waals surface area contributed by atoms with Crippen LogP contribution in [0.3, 0.4) is 0 Å². The summed E-state index contributed by atoms with van der Waals surface area (Å²) in [7, 11) is 0. The normalized spacial score (nSPS) is 18.4. The predicted octanol–water partition coefficient (Wildman–Crippen LogP) is 2.65. The van der Waals surface area contributed by atoms with E-state index in [2.05, 4.69) is 60.4 Å². The standard InChI is InChI=1S/C23H29N3O2/c1-18-6-8-19(9-7-18)14-25-12-13-26(23(25)28)17-22(27)16-24-11-10-20-4-2-3-5-21(20)15-24/h2-9,22,27H,10-17H2,1H3/t22-/m1/s1. The summed E-state index contributed by atoms with van der Waals surface area (Å²) in [6, 6.07) is 16.9. The molecule has 0 unspecified atom stereocenters. The highest BCUT2D eigenvalue weighted by Gasteiger charge is 2.30. The van der Waals surface area contributed by atoms with Crippen LogP contribution in [0.5, 0.6) is 0 Å². The first kappa shape index (κ1) is 19.0. The zero-order chi connectivity index (χ0) is 19.5.